The summed E-state index contributed by atoms with van der Waals surface area (Å²) in [6, 6.07) is 2.57. The molecule has 1 N–H and O–H groups in total. The second-order valence-electron chi connectivity index (χ2n) is 5.06. The van der Waals surface area contributed by atoms with E-state index in [2.05, 4.69) is 35.1 Å². The smallest absolute Gasteiger partial charge is 0.0648 e. The summed E-state index contributed by atoms with van der Waals surface area (Å²) < 4.78 is 0. The number of aromatic nitrogens is 2. The fraction of sp³-hybridized carbons (Fsp3) is 0.625. The Labute approximate surface area is 117 Å². The van der Waals surface area contributed by atoms with Gasteiger partial charge in [-0.3, -0.25) is 0 Å². The van der Waals surface area contributed by atoms with E-state index in [9.17, 15) is 0 Å². The molecule has 0 aliphatic rings. The van der Waals surface area contributed by atoms with Crippen LogP contribution in [0.3, 0.4) is 0 Å². The number of hydrogen-bond acceptors (Lipinski definition) is 3. The van der Waals surface area contributed by atoms with Crippen molar-refractivity contribution in [3.8, 4) is 0 Å². The molecule has 1 atom stereocenters. The van der Waals surface area contributed by atoms with E-state index in [0.29, 0.717) is 6.04 Å². The summed E-state index contributed by atoms with van der Waals surface area (Å²) in [5.41, 5.74) is 3.34. The molecule has 1 heterocycles. The normalized spacial score (nSPS) is 12.4. The van der Waals surface area contributed by atoms with E-state index in [1.807, 2.05) is 19.9 Å². The van der Waals surface area contributed by atoms with E-state index < -0.39 is 0 Å². The molecular formula is C16H27N3. The van der Waals surface area contributed by atoms with Crippen molar-refractivity contribution in [2.75, 3.05) is 6.54 Å². The van der Waals surface area contributed by atoms with Crippen molar-refractivity contribution in [3.63, 3.8) is 0 Å². The Hall–Kier alpha value is -1.22. The zero-order valence-corrected chi connectivity index (χ0v) is 12.6. The van der Waals surface area contributed by atoms with Crippen molar-refractivity contribution < 1.29 is 0 Å². The Morgan fingerprint density at radius 3 is 2.74 bits per heavy atom. The molecule has 1 unspecified atom stereocenters. The maximum atomic E-state index is 4.24. The van der Waals surface area contributed by atoms with Gasteiger partial charge in [-0.1, -0.05) is 25.8 Å². The summed E-state index contributed by atoms with van der Waals surface area (Å²) in [5, 5.41) is 11.9. The highest BCUT2D eigenvalue weighted by atomic mass is 15.1. The first-order chi connectivity index (χ1) is 9.19. The lowest BCUT2D eigenvalue weighted by Gasteiger charge is -2.20. The molecule has 106 valence electrons. The number of allylic oxidation sites excluding steroid dienone is 1. The summed E-state index contributed by atoms with van der Waals surface area (Å²) >= 11 is 0. The summed E-state index contributed by atoms with van der Waals surface area (Å²) in [6.07, 6.45) is 8.05. The number of rotatable bonds is 9. The highest BCUT2D eigenvalue weighted by Gasteiger charge is 2.13. The number of aryl methyl sites for hydroxylation is 2. The Morgan fingerprint density at radius 1 is 1.26 bits per heavy atom. The maximum Gasteiger partial charge on any atom is 0.0648 e. The van der Waals surface area contributed by atoms with Crippen LogP contribution in [-0.2, 0) is 0 Å². The van der Waals surface area contributed by atoms with Crippen molar-refractivity contribution in [1.82, 2.24) is 15.5 Å². The Balaban J connectivity index is 2.60. The number of hydrogen-bond donors (Lipinski definition) is 1. The van der Waals surface area contributed by atoms with Gasteiger partial charge in [0.25, 0.3) is 0 Å². The van der Waals surface area contributed by atoms with Gasteiger partial charge in [0.15, 0.2) is 0 Å². The van der Waals surface area contributed by atoms with E-state index in [1.54, 1.807) is 0 Å². The van der Waals surface area contributed by atoms with E-state index in [1.165, 1.54) is 24.8 Å². The average Bonchev–Trinajstić information content (AvgIpc) is 2.40. The minimum atomic E-state index is 0.405. The fourth-order valence-corrected chi connectivity index (χ4v) is 2.35. The molecule has 19 heavy (non-hydrogen) atoms. The summed E-state index contributed by atoms with van der Waals surface area (Å²) in [4.78, 5) is 0. The third-order valence-corrected chi connectivity index (χ3v) is 3.37. The number of nitrogens with zero attached hydrogens (tertiary/aromatic N) is 2. The van der Waals surface area contributed by atoms with Gasteiger partial charge in [0.2, 0.25) is 0 Å². The van der Waals surface area contributed by atoms with Gasteiger partial charge in [-0.05, 0) is 51.3 Å². The first-order valence-corrected chi connectivity index (χ1v) is 7.34. The van der Waals surface area contributed by atoms with Crippen molar-refractivity contribution in [1.29, 1.82) is 0 Å². The van der Waals surface area contributed by atoms with E-state index in [0.717, 1.165) is 30.8 Å². The van der Waals surface area contributed by atoms with Crippen LogP contribution in [0.2, 0.25) is 0 Å². The molecule has 0 saturated heterocycles. The van der Waals surface area contributed by atoms with Gasteiger partial charge in [0.05, 0.1) is 11.4 Å². The summed E-state index contributed by atoms with van der Waals surface area (Å²) in [5.74, 6) is 0. The first kappa shape index (κ1) is 15.8. The highest BCUT2D eigenvalue weighted by Crippen LogP contribution is 2.22. The lowest BCUT2D eigenvalue weighted by molar-refractivity contribution is 0.479. The summed E-state index contributed by atoms with van der Waals surface area (Å²) in [6.45, 7) is 11.0. The number of unbranched alkanes of at least 4 members (excludes halogenated alkanes) is 3. The fourth-order valence-electron chi connectivity index (χ4n) is 2.35. The quantitative estimate of drug-likeness (QED) is 0.541. The van der Waals surface area contributed by atoms with Gasteiger partial charge in [-0.15, -0.1) is 6.58 Å². The molecule has 0 aliphatic carbocycles. The van der Waals surface area contributed by atoms with Crippen LogP contribution in [-0.4, -0.2) is 16.7 Å². The third-order valence-electron chi connectivity index (χ3n) is 3.37. The predicted molar refractivity (Wildman–Crippen MR) is 81.2 cm³/mol. The van der Waals surface area contributed by atoms with Gasteiger partial charge in [0, 0.05) is 6.04 Å². The molecule has 0 amide bonds. The van der Waals surface area contributed by atoms with Gasteiger partial charge in [-0.2, -0.15) is 10.2 Å². The molecule has 0 saturated carbocycles. The highest BCUT2D eigenvalue weighted by molar-refractivity contribution is 5.23. The molecular weight excluding hydrogens is 234 g/mol. The van der Waals surface area contributed by atoms with Gasteiger partial charge in [-0.25, -0.2) is 0 Å². The van der Waals surface area contributed by atoms with Crippen molar-refractivity contribution in [2.24, 2.45) is 0 Å². The lowest BCUT2D eigenvalue weighted by Crippen LogP contribution is -2.22. The SMILES string of the molecule is C=CCCCCCC(NCC)c1cc(C)nnc1C. The molecule has 1 aromatic heterocycles. The molecule has 3 nitrogen and oxygen atoms in total. The Kier molecular flexibility index (Phi) is 7.34. The predicted octanol–water partition coefficient (Wildman–Crippen LogP) is 3.88. The number of nitrogens with one attached hydrogen (secondary N) is 1. The molecule has 0 spiro atoms. The van der Waals surface area contributed by atoms with Crippen LogP contribution in [0.1, 0.15) is 62.0 Å². The molecule has 0 radical (unpaired) electrons. The maximum absolute atomic E-state index is 4.24. The molecule has 1 rings (SSSR count). The second-order valence-corrected chi connectivity index (χ2v) is 5.06. The molecule has 3 heteroatoms. The monoisotopic (exact) mass is 261 g/mol. The van der Waals surface area contributed by atoms with E-state index in [-0.39, 0.29) is 0 Å². The van der Waals surface area contributed by atoms with Crippen LogP contribution >= 0.6 is 0 Å². The van der Waals surface area contributed by atoms with Crippen LogP contribution in [0, 0.1) is 13.8 Å². The van der Waals surface area contributed by atoms with Gasteiger partial charge < -0.3 is 5.32 Å². The molecule has 0 aliphatic heterocycles. The molecule has 0 bridgehead atoms. The summed E-state index contributed by atoms with van der Waals surface area (Å²) in [7, 11) is 0. The minimum Gasteiger partial charge on any atom is -0.310 e. The van der Waals surface area contributed by atoms with Gasteiger partial charge in [0.1, 0.15) is 0 Å². The Bertz CT molecular complexity index is 388. The van der Waals surface area contributed by atoms with Crippen LogP contribution in [0.15, 0.2) is 18.7 Å². The Morgan fingerprint density at radius 2 is 2.05 bits per heavy atom. The van der Waals surface area contributed by atoms with Crippen LogP contribution in [0.4, 0.5) is 0 Å². The van der Waals surface area contributed by atoms with E-state index >= 15 is 0 Å². The van der Waals surface area contributed by atoms with Crippen LogP contribution < -0.4 is 5.32 Å². The van der Waals surface area contributed by atoms with Crippen LogP contribution in [0.5, 0.6) is 0 Å². The third kappa shape index (κ3) is 5.52. The largest absolute Gasteiger partial charge is 0.310 e. The van der Waals surface area contributed by atoms with E-state index in [4.69, 9.17) is 0 Å². The topological polar surface area (TPSA) is 37.8 Å². The van der Waals surface area contributed by atoms with Crippen molar-refractivity contribution in [2.45, 2.75) is 58.9 Å². The van der Waals surface area contributed by atoms with Gasteiger partial charge >= 0.3 is 0 Å². The zero-order valence-electron chi connectivity index (χ0n) is 12.6. The molecule has 0 fully saturated rings. The molecule has 1 aromatic rings. The van der Waals surface area contributed by atoms with Crippen LogP contribution in [0.25, 0.3) is 0 Å². The standard InChI is InChI=1S/C16H27N3/c1-5-7-8-9-10-11-16(17-6-2)15-12-13(3)18-19-14(15)4/h5,12,16-17H,1,6-11H2,2-4H3. The van der Waals surface area contributed by atoms with Crippen molar-refractivity contribution >= 4 is 0 Å². The lowest BCUT2D eigenvalue weighted by atomic mass is 9.98. The van der Waals surface area contributed by atoms with Crippen molar-refractivity contribution in [3.05, 3.63) is 35.7 Å². The second kappa shape index (κ2) is 8.81. The zero-order chi connectivity index (χ0) is 14.1. The minimum absolute atomic E-state index is 0.405. The molecule has 0 aromatic carbocycles. The first-order valence-electron chi connectivity index (χ1n) is 7.34. The average molecular weight is 261 g/mol.